The summed E-state index contributed by atoms with van der Waals surface area (Å²) in [4.78, 5) is 14.7. The number of hydrogen-bond acceptors (Lipinski definition) is 3. The van der Waals surface area contributed by atoms with Crippen LogP contribution in [0.4, 0.5) is 11.4 Å². The summed E-state index contributed by atoms with van der Waals surface area (Å²) in [6.45, 7) is 2.79. The van der Waals surface area contributed by atoms with E-state index in [1.165, 1.54) is 5.56 Å². The molecule has 1 fully saturated rings. The van der Waals surface area contributed by atoms with E-state index < -0.39 is 0 Å². The van der Waals surface area contributed by atoms with Gasteiger partial charge in [-0.2, -0.15) is 0 Å². The van der Waals surface area contributed by atoms with E-state index in [1.807, 2.05) is 48.5 Å². The zero-order valence-electron chi connectivity index (χ0n) is 13.7. The molecule has 2 aromatic rings. The van der Waals surface area contributed by atoms with Gasteiger partial charge in [-0.15, -0.1) is 12.4 Å². The molecule has 0 spiro atoms. The third kappa shape index (κ3) is 4.98. The first-order chi connectivity index (χ1) is 11.2. The highest BCUT2D eigenvalue weighted by molar-refractivity contribution is 5.92. The fourth-order valence-corrected chi connectivity index (χ4v) is 3.07. The molecular weight excluding hydrogens is 322 g/mol. The molecule has 5 heteroatoms. The monoisotopic (exact) mass is 345 g/mol. The lowest BCUT2D eigenvalue weighted by atomic mass is 9.95. The molecule has 2 aromatic carbocycles. The van der Waals surface area contributed by atoms with Crippen LogP contribution in [0.3, 0.4) is 0 Å². The van der Waals surface area contributed by atoms with E-state index in [0.29, 0.717) is 0 Å². The number of benzene rings is 2. The van der Waals surface area contributed by atoms with E-state index >= 15 is 0 Å². The third-order valence-electron chi connectivity index (χ3n) is 4.36. The van der Waals surface area contributed by atoms with Gasteiger partial charge in [-0.25, -0.2) is 0 Å². The first-order valence-electron chi connectivity index (χ1n) is 8.13. The smallest absolute Gasteiger partial charge is 0.227 e. The van der Waals surface area contributed by atoms with Gasteiger partial charge in [0.25, 0.3) is 0 Å². The number of likely N-dealkylation sites (tertiary alicyclic amines) is 1. The summed E-state index contributed by atoms with van der Waals surface area (Å²) in [5.74, 6) is 0.243. The summed E-state index contributed by atoms with van der Waals surface area (Å²) >= 11 is 0. The van der Waals surface area contributed by atoms with Crippen LogP contribution < -0.4 is 11.1 Å². The molecule has 0 atom stereocenters. The maximum atomic E-state index is 12.3. The van der Waals surface area contributed by atoms with E-state index in [1.54, 1.807) is 0 Å². The van der Waals surface area contributed by atoms with Crippen LogP contribution in [0.2, 0.25) is 0 Å². The van der Waals surface area contributed by atoms with Crippen molar-refractivity contribution in [2.45, 2.75) is 19.4 Å². The van der Waals surface area contributed by atoms with Gasteiger partial charge >= 0.3 is 0 Å². The molecule has 0 aliphatic carbocycles. The number of nitrogen functional groups attached to an aromatic ring is 1. The first kappa shape index (κ1) is 18.3. The molecule has 1 saturated heterocycles. The maximum Gasteiger partial charge on any atom is 0.227 e. The zero-order chi connectivity index (χ0) is 16.1. The Morgan fingerprint density at radius 1 is 1.08 bits per heavy atom. The fourth-order valence-electron chi connectivity index (χ4n) is 3.07. The van der Waals surface area contributed by atoms with Gasteiger partial charge in [0.1, 0.15) is 0 Å². The largest absolute Gasteiger partial charge is 0.399 e. The molecule has 0 unspecified atom stereocenters. The van der Waals surface area contributed by atoms with Gasteiger partial charge in [-0.05, 0) is 55.8 Å². The molecule has 4 nitrogen and oxygen atoms in total. The molecule has 0 radical (unpaired) electrons. The molecule has 1 aliphatic heterocycles. The Balaban J connectivity index is 0.00000208. The number of anilines is 2. The van der Waals surface area contributed by atoms with E-state index in [9.17, 15) is 4.79 Å². The Morgan fingerprint density at radius 3 is 2.46 bits per heavy atom. The summed E-state index contributed by atoms with van der Waals surface area (Å²) in [5.41, 5.74) is 8.74. The van der Waals surface area contributed by atoms with Gasteiger partial charge in [0.2, 0.25) is 5.91 Å². The number of hydrogen-bond donors (Lipinski definition) is 2. The standard InChI is InChI=1S/C19H23N3O.ClH/c20-17-6-4-5-15(13-17)14-22-11-9-16(10-12-22)19(23)21-18-7-2-1-3-8-18;/h1-8,13,16H,9-12,14,20H2,(H,21,23);1H. The lowest BCUT2D eigenvalue weighted by Gasteiger charge is -2.31. The van der Waals surface area contributed by atoms with Crippen LogP contribution >= 0.6 is 12.4 Å². The first-order valence-corrected chi connectivity index (χ1v) is 8.13. The van der Waals surface area contributed by atoms with Gasteiger partial charge in [-0.3, -0.25) is 9.69 Å². The number of nitrogens with zero attached hydrogens (tertiary/aromatic N) is 1. The number of nitrogens with two attached hydrogens (primary N) is 1. The summed E-state index contributed by atoms with van der Waals surface area (Å²) in [7, 11) is 0. The number of piperidine rings is 1. The van der Waals surface area contributed by atoms with Gasteiger partial charge < -0.3 is 11.1 Å². The predicted octanol–water partition coefficient (Wildman–Crippen LogP) is 3.54. The van der Waals surface area contributed by atoms with Crippen LogP contribution in [0.25, 0.3) is 0 Å². The zero-order valence-corrected chi connectivity index (χ0v) is 14.5. The van der Waals surface area contributed by atoms with Gasteiger partial charge in [0.15, 0.2) is 0 Å². The number of nitrogens with one attached hydrogen (secondary N) is 1. The van der Waals surface area contributed by atoms with E-state index in [0.717, 1.165) is 43.9 Å². The Labute approximate surface area is 149 Å². The van der Waals surface area contributed by atoms with Crippen molar-refractivity contribution in [2.24, 2.45) is 5.92 Å². The second-order valence-electron chi connectivity index (χ2n) is 6.15. The summed E-state index contributed by atoms with van der Waals surface area (Å²) in [5, 5.41) is 3.01. The van der Waals surface area contributed by atoms with Gasteiger partial charge in [0, 0.05) is 23.8 Å². The summed E-state index contributed by atoms with van der Waals surface area (Å²) < 4.78 is 0. The van der Waals surface area contributed by atoms with Crippen molar-refractivity contribution in [3.8, 4) is 0 Å². The molecule has 1 heterocycles. The normalized spacial score (nSPS) is 15.5. The van der Waals surface area contributed by atoms with E-state index in [-0.39, 0.29) is 24.2 Å². The van der Waals surface area contributed by atoms with Crippen LogP contribution in [0, 0.1) is 5.92 Å². The van der Waals surface area contributed by atoms with Crippen molar-refractivity contribution in [3.63, 3.8) is 0 Å². The average molecular weight is 346 g/mol. The third-order valence-corrected chi connectivity index (χ3v) is 4.36. The lowest BCUT2D eigenvalue weighted by molar-refractivity contribution is -0.121. The topological polar surface area (TPSA) is 58.4 Å². The molecule has 0 aromatic heterocycles. The highest BCUT2D eigenvalue weighted by Crippen LogP contribution is 2.21. The van der Waals surface area contributed by atoms with Gasteiger partial charge in [-0.1, -0.05) is 30.3 Å². The second-order valence-corrected chi connectivity index (χ2v) is 6.15. The molecule has 1 aliphatic rings. The Bertz CT molecular complexity index is 655. The minimum absolute atomic E-state index is 0. The van der Waals surface area contributed by atoms with Crippen molar-refractivity contribution < 1.29 is 4.79 Å². The quantitative estimate of drug-likeness (QED) is 0.833. The van der Waals surface area contributed by atoms with Crippen LogP contribution in [0.15, 0.2) is 54.6 Å². The molecule has 0 saturated carbocycles. The molecule has 3 rings (SSSR count). The Hall–Kier alpha value is -2.04. The Morgan fingerprint density at radius 2 is 1.79 bits per heavy atom. The van der Waals surface area contributed by atoms with Crippen LogP contribution in [0.5, 0.6) is 0 Å². The highest BCUT2D eigenvalue weighted by atomic mass is 35.5. The predicted molar refractivity (Wildman–Crippen MR) is 101 cm³/mol. The number of amides is 1. The van der Waals surface area contributed by atoms with Crippen LogP contribution in [0.1, 0.15) is 18.4 Å². The molecule has 24 heavy (non-hydrogen) atoms. The minimum atomic E-state index is 0. The van der Waals surface area contributed by atoms with Crippen molar-refractivity contribution in [1.29, 1.82) is 0 Å². The molecular formula is C19H24ClN3O. The van der Waals surface area contributed by atoms with Gasteiger partial charge in [0.05, 0.1) is 0 Å². The van der Waals surface area contributed by atoms with Crippen LogP contribution in [-0.2, 0) is 11.3 Å². The molecule has 3 N–H and O–H groups in total. The average Bonchev–Trinajstić information content (AvgIpc) is 2.56. The number of rotatable bonds is 4. The van der Waals surface area contributed by atoms with Crippen molar-refractivity contribution in [3.05, 3.63) is 60.2 Å². The number of para-hydroxylation sites is 1. The fraction of sp³-hybridized carbons (Fsp3) is 0.316. The van der Waals surface area contributed by atoms with E-state index in [4.69, 9.17) is 5.73 Å². The van der Waals surface area contributed by atoms with Crippen molar-refractivity contribution >= 4 is 29.7 Å². The van der Waals surface area contributed by atoms with E-state index in [2.05, 4.69) is 16.3 Å². The summed E-state index contributed by atoms with van der Waals surface area (Å²) in [6.07, 6.45) is 1.81. The highest BCUT2D eigenvalue weighted by Gasteiger charge is 2.24. The van der Waals surface area contributed by atoms with Crippen molar-refractivity contribution in [2.75, 3.05) is 24.1 Å². The molecule has 128 valence electrons. The molecule has 0 bridgehead atoms. The lowest BCUT2D eigenvalue weighted by Crippen LogP contribution is -2.37. The Kier molecular flexibility index (Phi) is 6.64. The van der Waals surface area contributed by atoms with Crippen LogP contribution in [-0.4, -0.2) is 23.9 Å². The summed E-state index contributed by atoms with van der Waals surface area (Å²) in [6, 6.07) is 17.7. The maximum absolute atomic E-state index is 12.3. The SMILES string of the molecule is Cl.Nc1cccc(CN2CCC(C(=O)Nc3ccccc3)CC2)c1. The number of carbonyl (C=O) groups is 1. The second kappa shape index (κ2) is 8.71. The van der Waals surface area contributed by atoms with Crippen molar-refractivity contribution in [1.82, 2.24) is 4.90 Å². The number of halogens is 1. The minimum Gasteiger partial charge on any atom is -0.399 e. The number of carbonyl (C=O) groups excluding carboxylic acids is 1. The molecule has 1 amide bonds.